The van der Waals surface area contributed by atoms with E-state index in [1.165, 1.54) is 24.9 Å². The Hall–Kier alpha value is -0.860. The first kappa shape index (κ1) is 10.7. The van der Waals surface area contributed by atoms with Crippen molar-refractivity contribution in [1.29, 1.82) is 0 Å². The van der Waals surface area contributed by atoms with Gasteiger partial charge in [-0.15, -0.1) is 0 Å². The highest BCUT2D eigenvalue weighted by Crippen LogP contribution is 2.27. The molecule has 2 heteroatoms. The number of nitrogens with one attached hydrogen (secondary N) is 1. The first-order valence-electron chi connectivity index (χ1n) is 5.78. The second-order valence-corrected chi connectivity index (χ2v) is 4.37. The van der Waals surface area contributed by atoms with Crippen LogP contribution >= 0.6 is 0 Å². The van der Waals surface area contributed by atoms with Crippen LogP contribution in [0.25, 0.3) is 0 Å². The highest BCUT2D eigenvalue weighted by molar-refractivity contribution is 5.22. The molecule has 0 aliphatic heterocycles. The number of rotatable bonds is 6. The minimum absolute atomic E-state index is 0.139. The predicted molar refractivity (Wildman–Crippen MR) is 61.7 cm³/mol. The normalized spacial score (nSPS) is 15.5. The number of hydrogen-bond donors (Lipinski definition) is 2. The second-order valence-electron chi connectivity index (χ2n) is 4.37. The summed E-state index contributed by atoms with van der Waals surface area (Å²) in [5.41, 5.74) is 2.33. The van der Waals surface area contributed by atoms with Crippen LogP contribution in [0.3, 0.4) is 0 Å². The number of aliphatic hydroxyl groups is 1. The van der Waals surface area contributed by atoms with E-state index < -0.39 is 0 Å². The topological polar surface area (TPSA) is 32.3 Å². The summed E-state index contributed by atoms with van der Waals surface area (Å²) in [5, 5.41) is 12.4. The molecule has 1 fully saturated rings. The first-order valence-corrected chi connectivity index (χ1v) is 5.78. The smallest absolute Gasteiger partial charge is 0.0681 e. The highest BCUT2D eigenvalue weighted by atomic mass is 16.3. The van der Waals surface area contributed by atoms with Gasteiger partial charge in [0.2, 0.25) is 0 Å². The first-order chi connectivity index (χ1) is 7.38. The Balaban J connectivity index is 1.67. The molecular weight excluding hydrogens is 186 g/mol. The van der Waals surface area contributed by atoms with Crippen molar-refractivity contribution in [3.05, 3.63) is 35.4 Å². The van der Waals surface area contributed by atoms with Crippen LogP contribution in [0.5, 0.6) is 0 Å². The van der Waals surface area contributed by atoms with E-state index in [-0.39, 0.29) is 6.61 Å². The molecule has 0 heterocycles. The van der Waals surface area contributed by atoms with E-state index in [1.54, 1.807) is 0 Å². The van der Waals surface area contributed by atoms with Crippen molar-refractivity contribution in [3.63, 3.8) is 0 Å². The Labute approximate surface area is 91.3 Å². The van der Waals surface area contributed by atoms with Crippen LogP contribution in [0.15, 0.2) is 24.3 Å². The van der Waals surface area contributed by atoms with Crippen LogP contribution in [-0.2, 0) is 13.0 Å². The maximum atomic E-state index is 8.90. The molecule has 0 atom stereocenters. The predicted octanol–water partition coefficient (Wildman–Crippen LogP) is 1.72. The number of benzene rings is 1. The maximum Gasteiger partial charge on any atom is 0.0681 e. The summed E-state index contributed by atoms with van der Waals surface area (Å²) in [6.07, 6.45) is 3.91. The van der Waals surface area contributed by atoms with E-state index in [0.717, 1.165) is 24.4 Å². The zero-order valence-electron chi connectivity index (χ0n) is 9.08. The molecule has 82 valence electrons. The van der Waals surface area contributed by atoms with Gasteiger partial charge in [0.1, 0.15) is 0 Å². The van der Waals surface area contributed by atoms with Gasteiger partial charge in [-0.05, 0) is 49.4 Å². The SMILES string of the molecule is OCc1ccc(CCNCC2CC2)cc1. The lowest BCUT2D eigenvalue weighted by atomic mass is 10.1. The minimum Gasteiger partial charge on any atom is -0.392 e. The lowest BCUT2D eigenvalue weighted by Gasteiger charge is -2.04. The minimum atomic E-state index is 0.139. The van der Waals surface area contributed by atoms with Crippen LogP contribution in [0.2, 0.25) is 0 Å². The largest absolute Gasteiger partial charge is 0.392 e. The Kier molecular flexibility index (Phi) is 3.75. The Morgan fingerprint density at radius 3 is 2.40 bits per heavy atom. The van der Waals surface area contributed by atoms with E-state index in [1.807, 2.05) is 12.1 Å². The Morgan fingerprint density at radius 1 is 1.13 bits per heavy atom. The van der Waals surface area contributed by atoms with Gasteiger partial charge in [0.05, 0.1) is 6.61 Å². The van der Waals surface area contributed by atoms with Gasteiger partial charge in [0, 0.05) is 0 Å². The summed E-state index contributed by atoms with van der Waals surface area (Å²) in [6.45, 7) is 2.39. The van der Waals surface area contributed by atoms with Crippen molar-refractivity contribution in [2.45, 2.75) is 25.9 Å². The van der Waals surface area contributed by atoms with E-state index in [4.69, 9.17) is 5.11 Å². The van der Waals surface area contributed by atoms with Crippen molar-refractivity contribution in [3.8, 4) is 0 Å². The Morgan fingerprint density at radius 2 is 1.80 bits per heavy atom. The quantitative estimate of drug-likeness (QED) is 0.693. The van der Waals surface area contributed by atoms with Gasteiger partial charge in [-0.3, -0.25) is 0 Å². The monoisotopic (exact) mass is 205 g/mol. The third kappa shape index (κ3) is 3.65. The molecule has 2 nitrogen and oxygen atoms in total. The fourth-order valence-electron chi connectivity index (χ4n) is 1.67. The summed E-state index contributed by atoms with van der Waals surface area (Å²) >= 11 is 0. The lowest BCUT2D eigenvalue weighted by Crippen LogP contribution is -2.19. The average molecular weight is 205 g/mol. The molecule has 0 bridgehead atoms. The van der Waals surface area contributed by atoms with Crippen LogP contribution in [0, 0.1) is 5.92 Å². The van der Waals surface area contributed by atoms with Gasteiger partial charge in [-0.1, -0.05) is 24.3 Å². The fraction of sp³-hybridized carbons (Fsp3) is 0.538. The van der Waals surface area contributed by atoms with E-state index in [9.17, 15) is 0 Å². The van der Waals surface area contributed by atoms with Crippen molar-refractivity contribution in [1.82, 2.24) is 5.32 Å². The molecule has 2 N–H and O–H groups in total. The Bertz CT molecular complexity index is 290. The molecule has 0 aromatic heterocycles. The van der Waals surface area contributed by atoms with Crippen molar-refractivity contribution < 1.29 is 5.11 Å². The van der Waals surface area contributed by atoms with E-state index in [2.05, 4.69) is 17.4 Å². The zero-order valence-corrected chi connectivity index (χ0v) is 9.08. The second kappa shape index (κ2) is 5.29. The van der Waals surface area contributed by atoms with Crippen molar-refractivity contribution >= 4 is 0 Å². The molecule has 1 aromatic carbocycles. The van der Waals surface area contributed by atoms with E-state index in [0.29, 0.717) is 0 Å². The zero-order chi connectivity index (χ0) is 10.5. The standard InChI is InChI=1S/C13H19NO/c15-10-13-5-1-11(2-6-13)7-8-14-9-12-3-4-12/h1-2,5-6,12,14-15H,3-4,7-10H2. The van der Waals surface area contributed by atoms with Crippen LogP contribution in [0.4, 0.5) is 0 Å². The summed E-state index contributed by atoms with van der Waals surface area (Å²) in [4.78, 5) is 0. The molecule has 15 heavy (non-hydrogen) atoms. The van der Waals surface area contributed by atoms with Crippen molar-refractivity contribution in [2.24, 2.45) is 5.92 Å². The summed E-state index contributed by atoms with van der Waals surface area (Å²) < 4.78 is 0. The highest BCUT2D eigenvalue weighted by Gasteiger charge is 2.19. The average Bonchev–Trinajstić information content (AvgIpc) is 3.09. The van der Waals surface area contributed by atoms with Crippen LogP contribution in [0.1, 0.15) is 24.0 Å². The molecule has 0 unspecified atom stereocenters. The van der Waals surface area contributed by atoms with Crippen molar-refractivity contribution in [2.75, 3.05) is 13.1 Å². The third-order valence-electron chi connectivity index (χ3n) is 2.93. The molecule has 1 saturated carbocycles. The maximum absolute atomic E-state index is 8.90. The third-order valence-corrected chi connectivity index (χ3v) is 2.93. The molecule has 1 aromatic rings. The summed E-state index contributed by atoms with van der Waals surface area (Å²) in [7, 11) is 0. The van der Waals surface area contributed by atoms with Gasteiger partial charge in [-0.25, -0.2) is 0 Å². The lowest BCUT2D eigenvalue weighted by molar-refractivity contribution is 0.282. The molecule has 0 amide bonds. The molecule has 0 saturated heterocycles. The van der Waals surface area contributed by atoms with Crippen LogP contribution in [-0.4, -0.2) is 18.2 Å². The molecule has 0 radical (unpaired) electrons. The van der Waals surface area contributed by atoms with Gasteiger partial charge in [-0.2, -0.15) is 0 Å². The van der Waals surface area contributed by atoms with Gasteiger partial charge < -0.3 is 10.4 Å². The van der Waals surface area contributed by atoms with E-state index >= 15 is 0 Å². The van der Waals surface area contributed by atoms with Gasteiger partial charge >= 0.3 is 0 Å². The number of hydrogen-bond acceptors (Lipinski definition) is 2. The number of aliphatic hydroxyl groups excluding tert-OH is 1. The fourth-order valence-corrected chi connectivity index (χ4v) is 1.67. The summed E-state index contributed by atoms with van der Waals surface area (Å²) in [5.74, 6) is 0.960. The van der Waals surface area contributed by atoms with Crippen LogP contribution < -0.4 is 5.32 Å². The molecule has 1 aliphatic rings. The molecule has 2 rings (SSSR count). The van der Waals surface area contributed by atoms with Gasteiger partial charge in [0.25, 0.3) is 0 Å². The summed E-state index contributed by atoms with van der Waals surface area (Å²) in [6, 6.07) is 8.20. The van der Waals surface area contributed by atoms with Gasteiger partial charge in [0.15, 0.2) is 0 Å². The molecular formula is C13H19NO. The molecule has 1 aliphatic carbocycles. The molecule has 0 spiro atoms.